The Labute approximate surface area is 121 Å². The van der Waals surface area contributed by atoms with Crippen molar-refractivity contribution in [1.29, 1.82) is 0 Å². The summed E-state index contributed by atoms with van der Waals surface area (Å²) in [5.41, 5.74) is 6.52. The van der Waals surface area contributed by atoms with Gasteiger partial charge in [-0.3, -0.25) is 9.59 Å². The molecule has 0 fully saturated rings. The van der Waals surface area contributed by atoms with Crippen molar-refractivity contribution in [3.8, 4) is 0 Å². The molecule has 0 radical (unpaired) electrons. The van der Waals surface area contributed by atoms with E-state index >= 15 is 0 Å². The van der Waals surface area contributed by atoms with E-state index in [0.29, 0.717) is 10.6 Å². The monoisotopic (exact) mass is 291 g/mol. The predicted octanol–water partition coefficient (Wildman–Crippen LogP) is 1.64. The number of nitrogens with two attached hydrogens (primary N) is 1. The quantitative estimate of drug-likeness (QED) is 0.935. The molecule has 0 atom stereocenters. The smallest absolute Gasteiger partial charge is 0.266 e. The third kappa shape index (κ3) is 2.60. The Morgan fingerprint density at radius 3 is 2.45 bits per heavy atom. The Balaban J connectivity index is 2.27. The number of nitrogen functional groups attached to an aromatic ring is 1. The zero-order chi connectivity index (χ0) is 14.9. The molecule has 0 unspecified atom stereocenters. The van der Waals surface area contributed by atoms with Crippen molar-refractivity contribution in [2.75, 3.05) is 33.4 Å². The molecule has 106 valence electrons. The van der Waals surface area contributed by atoms with Crippen molar-refractivity contribution >= 4 is 38.9 Å². The van der Waals surface area contributed by atoms with Crippen molar-refractivity contribution in [3.63, 3.8) is 0 Å². The van der Waals surface area contributed by atoms with E-state index in [1.165, 1.54) is 21.1 Å². The second-order valence-corrected chi connectivity index (χ2v) is 5.84. The normalized spacial score (nSPS) is 10.6. The fraction of sp³-hybridized carbons (Fsp3) is 0.286. The van der Waals surface area contributed by atoms with Crippen LogP contribution in [0, 0.1) is 0 Å². The summed E-state index contributed by atoms with van der Waals surface area (Å²) in [6.45, 7) is 0.0412. The molecule has 1 aromatic heterocycles. The highest BCUT2D eigenvalue weighted by molar-refractivity contribution is 7.21. The number of fused-ring (bicyclic) bond motifs is 1. The second-order valence-electron chi connectivity index (χ2n) is 4.79. The van der Waals surface area contributed by atoms with Crippen LogP contribution in [0.4, 0.5) is 5.69 Å². The molecule has 1 heterocycles. The van der Waals surface area contributed by atoms with E-state index in [-0.39, 0.29) is 18.4 Å². The van der Waals surface area contributed by atoms with Crippen LogP contribution in [-0.4, -0.2) is 49.3 Å². The van der Waals surface area contributed by atoms with E-state index < -0.39 is 0 Å². The van der Waals surface area contributed by atoms with Gasteiger partial charge in [0.05, 0.1) is 12.2 Å². The number of benzene rings is 1. The molecule has 0 aliphatic heterocycles. The number of nitrogens with zero attached hydrogens (tertiary/aromatic N) is 2. The maximum Gasteiger partial charge on any atom is 0.266 e. The number of anilines is 1. The largest absolute Gasteiger partial charge is 0.397 e. The zero-order valence-corrected chi connectivity index (χ0v) is 12.5. The first-order valence-electron chi connectivity index (χ1n) is 6.14. The Bertz CT molecular complexity index is 663. The number of likely N-dealkylation sites (N-methyl/N-ethyl adjacent to an activating group) is 2. The van der Waals surface area contributed by atoms with Crippen LogP contribution in [0.3, 0.4) is 0 Å². The van der Waals surface area contributed by atoms with Gasteiger partial charge in [0.1, 0.15) is 4.88 Å². The number of hydrogen-bond acceptors (Lipinski definition) is 4. The molecule has 20 heavy (non-hydrogen) atoms. The van der Waals surface area contributed by atoms with Gasteiger partial charge in [0.15, 0.2) is 0 Å². The molecule has 0 aliphatic carbocycles. The minimum atomic E-state index is -0.223. The highest BCUT2D eigenvalue weighted by atomic mass is 32.1. The topological polar surface area (TPSA) is 66.6 Å². The van der Waals surface area contributed by atoms with E-state index in [1.54, 1.807) is 21.1 Å². The molecule has 0 aliphatic rings. The standard InChI is InChI=1S/C14H17N3O2S/c1-16(2)11(18)8-17(3)14(19)13-12(15)9-6-4-5-7-10(9)20-13/h4-7H,8,15H2,1-3H3. The van der Waals surface area contributed by atoms with Gasteiger partial charge in [-0.05, 0) is 6.07 Å². The average Bonchev–Trinajstić information content (AvgIpc) is 2.75. The number of carbonyl (C=O) groups is 2. The number of amides is 2. The number of rotatable bonds is 3. The Hall–Kier alpha value is -2.08. The first-order valence-corrected chi connectivity index (χ1v) is 6.96. The van der Waals surface area contributed by atoms with E-state index in [4.69, 9.17) is 5.73 Å². The molecular weight excluding hydrogens is 274 g/mol. The lowest BCUT2D eigenvalue weighted by Crippen LogP contribution is -2.37. The number of hydrogen-bond donors (Lipinski definition) is 1. The highest BCUT2D eigenvalue weighted by Gasteiger charge is 2.21. The summed E-state index contributed by atoms with van der Waals surface area (Å²) in [5.74, 6) is -0.348. The molecule has 2 rings (SSSR count). The minimum Gasteiger partial charge on any atom is -0.397 e. The molecule has 2 aromatic rings. The summed E-state index contributed by atoms with van der Waals surface area (Å²) >= 11 is 1.35. The first-order chi connectivity index (χ1) is 9.41. The van der Waals surface area contributed by atoms with Crippen LogP contribution >= 0.6 is 11.3 Å². The van der Waals surface area contributed by atoms with Crippen LogP contribution in [0.15, 0.2) is 24.3 Å². The van der Waals surface area contributed by atoms with Gasteiger partial charge >= 0.3 is 0 Å². The van der Waals surface area contributed by atoms with Gasteiger partial charge in [0.2, 0.25) is 5.91 Å². The lowest BCUT2D eigenvalue weighted by atomic mass is 10.2. The van der Waals surface area contributed by atoms with Crippen LogP contribution < -0.4 is 5.73 Å². The van der Waals surface area contributed by atoms with Gasteiger partial charge < -0.3 is 15.5 Å². The molecule has 6 heteroatoms. The van der Waals surface area contributed by atoms with Crippen molar-refractivity contribution in [2.24, 2.45) is 0 Å². The SMILES string of the molecule is CN(C)C(=O)CN(C)C(=O)c1sc2ccccc2c1N. The van der Waals surface area contributed by atoms with E-state index in [1.807, 2.05) is 24.3 Å². The second kappa shape index (κ2) is 5.50. The van der Waals surface area contributed by atoms with Gasteiger partial charge in [-0.1, -0.05) is 18.2 Å². The summed E-state index contributed by atoms with van der Waals surface area (Å²) in [6.07, 6.45) is 0. The van der Waals surface area contributed by atoms with Crippen LogP contribution in [0.25, 0.3) is 10.1 Å². The van der Waals surface area contributed by atoms with Crippen LogP contribution in [0.1, 0.15) is 9.67 Å². The molecule has 2 amide bonds. The first kappa shape index (κ1) is 14.3. The highest BCUT2D eigenvalue weighted by Crippen LogP contribution is 2.33. The molecule has 2 N–H and O–H groups in total. The Morgan fingerprint density at radius 2 is 1.85 bits per heavy atom. The van der Waals surface area contributed by atoms with E-state index in [9.17, 15) is 9.59 Å². The fourth-order valence-electron chi connectivity index (χ4n) is 1.81. The predicted molar refractivity (Wildman–Crippen MR) is 81.9 cm³/mol. The summed E-state index contributed by atoms with van der Waals surface area (Å²) in [6, 6.07) is 7.62. The lowest BCUT2D eigenvalue weighted by molar-refractivity contribution is -0.129. The molecule has 0 saturated heterocycles. The van der Waals surface area contributed by atoms with E-state index in [0.717, 1.165) is 10.1 Å². The summed E-state index contributed by atoms with van der Waals surface area (Å²) in [4.78, 5) is 27.4. The number of carbonyl (C=O) groups excluding carboxylic acids is 2. The lowest BCUT2D eigenvalue weighted by Gasteiger charge is -2.18. The van der Waals surface area contributed by atoms with Crippen molar-refractivity contribution in [1.82, 2.24) is 9.80 Å². The van der Waals surface area contributed by atoms with Crippen LogP contribution in [-0.2, 0) is 4.79 Å². The van der Waals surface area contributed by atoms with Crippen molar-refractivity contribution in [2.45, 2.75) is 0 Å². The van der Waals surface area contributed by atoms with E-state index in [2.05, 4.69) is 0 Å². The molecule has 0 bridgehead atoms. The summed E-state index contributed by atoms with van der Waals surface area (Å²) in [7, 11) is 4.93. The van der Waals surface area contributed by atoms with Gasteiger partial charge in [0.25, 0.3) is 5.91 Å². The van der Waals surface area contributed by atoms with Gasteiger partial charge in [-0.15, -0.1) is 11.3 Å². The maximum absolute atomic E-state index is 12.4. The Morgan fingerprint density at radius 1 is 1.20 bits per heavy atom. The molecule has 5 nitrogen and oxygen atoms in total. The minimum absolute atomic E-state index is 0.0412. The molecule has 1 aromatic carbocycles. The molecule has 0 spiro atoms. The summed E-state index contributed by atoms with van der Waals surface area (Å²) < 4.78 is 0.973. The van der Waals surface area contributed by atoms with Crippen molar-refractivity contribution < 1.29 is 9.59 Å². The molecular formula is C14H17N3O2S. The third-order valence-corrected chi connectivity index (χ3v) is 4.22. The van der Waals surface area contributed by atoms with Gasteiger partial charge in [-0.25, -0.2) is 0 Å². The van der Waals surface area contributed by atoms with Crippen LogP contribution in [0.5, 0.6) is 0 Å². The third-order valence-electron chi connectivity index (χ3n) is 3.05. The Kier molecular flexibility index (Phi) is 3.94. The number of thiophene rings is 1. The van der Waals surface area contributed by atoms with Gasteiger partial charge in [0, 0.05) is 31.2 Å². The maximum atomic E-state index is 12.4. The molecule has 0 saturated carbocycles. The average molecular weight is 291 g/mol. The van der Waals surface area contributed by atoms with Gasteiger partial charge in [-0.2, -0.15) is 0 Å². The van der Waals surface area contributed by atoms with Crippen molar-refractivity contribution in [3.05, 3.63) is 29.1 Å². The zero-order valence-electron chi connectivity index (χ0n) is 11.7. The fourth-order valence-corrected chi connectivity index (χ4v) is 2.93. The van der Waals surface area contributed by atoms with Crippen LogP contribution in [0.2, 0.25) is 0 Å². The summed E-state index contributed by atoms with van der Waals surface area (Å²) in [5, 5.41) is 0.883.